The fraction of sp³-hybridized carbons (Fsp3) is 0.429. The third-order valence-corrected chi connectivity index (χ3v) is 1.30. The first-order valence-corrected chi connectivity index (χ1v) is 3.30. The minimum absolute atomic E-state index is 0. The van der Waals surface area contributed by atoms with Gasteiger partial charge in [-0.15, -0.1) is 0 Å². The SMILES string of the molecule is C=CCOC(=O)C1OC1C(=O)[O-].[K+]. The van der Waals surface area contributed by atoms with Gasteiger partial charge in [-0.3, -0.25) is 0 Å². The number of rotatable bonds is 4. The molecule has 1 heterocycles. The van der Waals surface area contributed by atoms with Crippen molar-refractivity contribution in [3.63, 3.8) is 0 Å². The zero-order chi connectivity index (χ0) is 9.14. The third kappa shape index (κ3) is 3.88. The van der Waals surface area contributed by atoms with E-state index >= 15 is 0 Å². The molecular weight excluding hydrogens is 203 g/mol. The minimum atomic E-state index is -1.39. The Kier molecular flexibility index (Phi) is 6.02. The van der Waals surface area contributed by atoms with Crippen molar-refractivity contribution in [3.8, 4) is 0 Å². The van der Waals surface area contributed by atoms with Gasteiger partial charge in [0.15, 0.2) is 6.10 Å². The number of ether oxygens (including phenoxy) is 2. The summed E-state index contributed by atoms with van der Waals surface area (Å²) in [5.74, 6) is -2.08. The molecule has 6 heteroatoms. The molecule has 0 aromatic heterocycles. The molecule has 0 N–H and O–H groups in total. The van der Waals surface area contributed by atoms with Gasteiger partial charge in [-0.05, 0) is 0 Å². The normalized spacial score (nSPS) is 24.0. The van der Waals surface area contributed by atoms with Crippen LogP contribution in [0.15, 0.2) is 12.7 Å². The van der Waals surface area contributed by atoms with Crippen LogP contribution in [0.2, 0.25) is 0 Å². The molecule has 2 unspecified atom stereocenters. The number of esters is 1. The number of carbonyl (C=O) groups excluding carboxylic acids is 2. The van der Waals surface area contributed by atoms with E-state index in [-0.39, 0.29) is 58.0 Å². The van der Waals surface area contributed by atoms with E-state index in [1.807, 2.05) is 0 Å². The molecule has 1 saturated heterocycles. The van der Waals surface area contributed by atoms with Crippen molar-refractivity contribution in [1.82, 2.24) is 0 Å². The van der Waals surface area contributed by atoms with E-state index in [4.69, 9.17) is 0 Å². The van der Waals surface area contributed by atoms with Crippen LogP contribution in [0.1, 0.15) is 0 Å². The number of aliphatic carboxylic acids is 1. The maximum atomic E-state index is 10.8. The molecule has 0 amide bonds. The molecule has 1 fully saturated rings. The summed E-state index contributed by atoms with van der Waals surface area (Å²) >= 11 is 0. The summed E-state index contributed by atoms with van der Waals surface area (Å²) in [6, 6.07) is 0. The van der Waals surface area contributed by atoms with Crippen LogP contribution >= 0.6 is 0 Å². The van der Waals surface area contributed by atoms with Gasteiger partial charge in [0.25, 0.3) is 0 Å². The summed E-state index contributed by atoms with van der Waals surface area (Å²) in [7, 11) is 0. The van der Waals surface area contributed by atoms with Crippen molar-refractivity contribution in [2.75, 3.05) is 6.61 Å². The van der Waals surface area contributed by atoms with Crippen LogP contribution in [0.5, 0.6) is 0 Å². The summed E-state index contributed by atoms with van der Waals surface area (Å²) in [5.41, 5.74) is 0. The Bertz CT molecular complexity index is 227. The van der Waals surface area contributed by atoms with Crippen LogP contribution in [0, 0.1) is 0 Å². The van der Waals surface area contributed by atoms with Gasteiger partial charge in [-0.1, -0.05) is 12.7 Å². The Morgan fingerprint density at radius 1 is 1.54 bits per heavy atom. The monoisotopic (exact) mass is 210 g/mol. The zero-order valence-electron chi connectivity index (χ0n) is 7.19. The van der Waals surface area contributed by atoms with Gasteiger partial charge in [-0.25, -0.2) is 4.79 Å². The molecule has 13 heavy (non-hydrogen) atoms. The first-order valence-electron chi connectivity index (χ1n) is 3.30. The second-order valence-corrected chi connectivity index (χ2v) is 2.22. The Labute approximate surface area is 118 Å². The molecule has 0 radical (unpaired) electrons. The Morgan fingerprint density at radius 2 is 2.15 bits per heavy atom. The van der Waals surface area contributed by atoms with E-state index in [0.717, 1.165) is 0 Å². The molecule has 0 aliphatic carbocycles. The maximum absolute atomic E-state index is 10.8. The summed E-state index contributed by atoms with van der Waals surface area (Å²) in [4.78, 5) is 20.9. The fourth-order valence-electron chi connectivity index (χ4n) is 0.694. The molecule has 2 atom stereocenters. The second-order valence-electron chi connectivity index (χ2n) is 2.22. The van der Waals surface area contributed by atoms with Crippen LogP contribution in [-0.4, -0.2) is 30.8 Å². The van der Waals surface area contributed by atoms with Gasteiger partial charge in [-0.2, -0.15) is 0 Å². The molecule has 0 spiro atoms. The topological polar surface area (TPSA) is 79.0 Å². The third-order valence-electron chi connectivity index (χ3n) is 1.30. The summed E-state index contributed by atoms with van der Waals surface area (Å²) in [5, 5.41) is 10.1. The number of epoxide rings is 1. The zero-order valence-corrected chi connectivity index (χ0v) is 10.3. The van der Waals surface area contributed by atoms with Crippen molar-refractivity contribution in [1.29, 1.82) is 0 Å². The van der Waals surface area contributed by atoms with Gasteiger partial charge < -0.3 is 19.4 Å². The average Bonchev–Trinajstić information content (AvgIpc) is 2.78. The molecular formula is C7H7KO5. The Morgan fingerprint density at radius 3 is 2.54 bits per heavy atom. The van der Waals surface area contributed by atoms with Gasteiger partial charge in [0.2, 0.25) is 0 Å². The number of carboxylic acid groups (broad SMARTS) is 1. The molecule has 1 aliphatic rings. The van der Waals surface area contributed by atoms with E-state index in [2.05, 4.69) is 16.1 Å². The predicted molar refractivity (Wildman–Crippen MR) is 34.8 cm³/mol. The maximum Gasteiger partial charge on any atom is 1.00 e. The molecule has 5 nitrogen and oxygen atoms in total. The van der Waals surface area contributed by atoms with Crippen LogP contribution in [0.3, 0.4) is 0 Å². The van der Waals surface area contributed by atoms with E-state index in [0.29, 0.717) is 0 Å². The molecule has 0 aromatic carbocycles. The van der Waals surface area contributed by atoms with Crippen molar-refractivity contribution >= 4 is 11.9 Å². The van der Waals surface area contributed by atoms with Gasteiger partial charge in [0.1, 0.15) is 12.7 Å². The van der Waals surface area contributed by atoms with Crippen LogP contribution in [0.25, 0.3) is 0 Å². The van der Waals surface area contributed by atoms with Crippen LogP contribution in [-0.2, 0) is 19.1 Å². The molecule has 1 rings (SSSR count). The number of hydrogen-bond acceptors (Lipinski definition) is 5. The fourth-order valence-corrected chi connectivity index (χ4v) is 0.694. The largest absolute Gasteiger partial charge is 1.00 e. The summed E-state index contributed by atoms with van der Waals surface area (Å²) in [6.45, 7) is 3.37. The molecule has 66 valence electrons. The van der Waals surface area contributed by atoms with Crippen LogP contribution in [0.4, 0.5) is 0 Å². The van der Waals surface area contributed by atoms with Crippen molar-refractivity contribution in [2.45, 2.75) is 12.2 Å². The van der Waals surface area contributed by atoms with Crippen molar-refractivity contribution in [3.05, 3.63) is 12.7 Å². The first kappa shape index (κ1) is 13.3. The van der Waals surface area contributed by atoms with E-state index < -0.39 is 24.1 Å². The molecule has 1 aliphatic heterocycles. The molecule has 0 saturated carbocycles. The van der Waals surface area contributed by atoms with Gasteiger partial charge >= 0.3 is 57.4 Å². The molecule has 0 bridgehead atoms. The minimum Gasteiger partial charge on any atom is -0.547 e. The quantitative estimate of drug-likeness (QED) is 0.201. The average molecular weight is 210 g/mol. The van der Waals surface area contributed by atoms with Gasteiger partial charge in [0, 0.05) is 0 Å². The smallest absolute Gasteiger partial charge is 0.547 e. The standard InChI is InChI=1S/C7H8O5.K/c1-2-3-11-7(10)5-4(12-5)6(8)9;/h2,4-5H,1,3H2,(H,8,9);/q;+1/p-1. The first-order chi connectivity index (χ1) is 5.66. The Balaban J connectivity index is 0.00000144. The predicted octanol–water partition coefficient (Wildman–Crippen LogP) is -4.76. The number of carbonyl (C=O) groups is 2. The van der Waals surface area contributed by atoms with E-state index in [1.54, 1.807) is 0 Å². The van der Waals surface area contributed by atoms with E-state index in [9.17, 15) is 14.7 Å². The van der Waals surface area contributed by atoms with Crippen LogP contribution < -0.4 is 56.5 Å². The Hall–Kier alpha value is 0.276. The summed E-state index contributed by atoms with van der Waals surface area (Å²) < 4.78 is 8.99. The molecule has 0 aromatic rings. The van der Waals surface area contributed by atoms with Crippen molar-refractivity contribution in [2.24, 2.45) is 0 Å². The second kappa shape index (κ2) is 5.89. The van der Waals surface area contributed by atoms with E-state index in [1.165, 1.54) is 6.08 Å². The number of hydrogen-bond donors (Lipinski definition) is 0. The summed E-state index contributed by atoms with van der Waals surface area (Å²) in [6.07, 6.45) is -0.744. The van der Waals surface area contributed by atoms with Gasteiger partial charge in [0.05, 0.1) is 5.97 Å². The number of carboxylic acids is 1. The van der Waals surface area contributed by atoms with Crippen molar-refractivity contribution < 1.29 is 75.6 Å².